The first-order valence-corrected chi connectivity index (χ1v) is 11.2. The molecule has 2 aromatic heterocycles. The van der Waals surface area contributed by atoms with E-state index in [2.05, 4.69) is 15.2 Å². The van der Waals surface area contributed by atoms with Gasteiger partial charge in [-0.3, -0.25) is 9.36 Å². The van der Waals surface area contributed by atoms with Crippen molar-refractivity contribution in [3.8, 4) is 0 Å². The molecule has 178 valence electrons. The highest BCUT2D eigenvalue weighted by Crippen LogP contribution is 2.48. The molecule has 1 aliphatic carbocycles. The number of carboxylic acid groups (broad SMARTS) is 1. The molecule has 5 rings (SSSR count). The van der Waals surface area contributed by atoms with Gasteiger partial charge in [-0.05, 0) is 31.2 Å². The lowest BCUT2D eigenvalue weighted by Gasteiger charge is -2.24. The van der Waals surface area contributed by atoms with Crippen LogP contribution in [0.25, 0.3) is 10.9 Å². The second kappa shape index (κ2) is 8.21. The summed E-state index contributed by atoms with van der Waals surface area (Å²) < 4.78 is 21.5. The highest BCUT2D eigenvalue weighted by atomic mass is 35.5. The molecule has 1 aromatic carbocycles. The molecular formula is C23H23ClFN5O4. The number of hydrogen-bond donors (Lipinski definition) is 2. The molecule has 1 saturated carbocycles. The number of benzene rings is 1. The van der Waals surface area contributed by atoms with E-state index in [1.807, 2.05) is 0 Å². The smallest absolute Gasteiger partial charge is 0.356 e. The summed E-state index contributed by atoms with van der Waals surface area (Å²) in [5, 5.41) is 12.7. The number of fused-ring (bicyclic) bond motifs is 2. The van der Waals surface area contributed by atoms with Crippen LogP contribution >= 0.6 is 11.6 Å². The normalized spacial score (nSPS) is 22.0. The van der Waals surface area contributed by atoms with Gasteiger partial charge in [0.2, 0.25) is 5.95 Å². The minimum Gasteiger partial charge on any atom is -0.476 e. The van der Waals surface area contributed by atoms with Crippen LogP contribution in [0.15, 0.2) is 29.1 Å². The van der Waals surface area contributed by atoms with Gasteiger partial charge in [-0.15, -0.1) is 0 Å². The quantitative estimate of drug-likeness (QED) is 0.510. The topological polar surface area (TPSA) is 110 Å². The number of carboxylic acids is 1. The lowest BCUT2D eigenvalue weighted by atomic mass is 10.0. The summed E-state index contributed by atoms with van der Waals surface area (Å²) in [6.45, 7) is 3.21. The zero-order chi connectivity index (χ0) is 24.3. The molecule has 2 unspecified atom stereocenters. The maximum absolute atomic E-state index is 14.6. The van der Waals surface area contributed by atoms with Crippen LogP contribution in [0.2, 0.25) is 5.15 Å². The van der Waals surface area contributed by atoms with E-state index >= 15 is 0 Å². The third-order valence-electron chi connectivity index (χ3n) is 6.72. The predicted octanol–water partition coefficient (Wildman–Crippen LogP) is 3.07. The summed E-state index contributed by atoms with van der Waals surface area (Å²) in [5.41, 5.74) is 0.405. The summed E-state index contributed by atoms with van der Waals surface area (Å²) >= 11 is 5.85. The van der Waals surface area contributed by atoms with Crippen molar-refractivity contribution in [2.75, 3.05) is 30.4 Å². The number of nitrogens with one attached hydrogen (secondary N) is 1. The van der Waals surface area contributed by atoms with Crippen molar-refractivity contribution in [3.05, 3.63) is 56.8 Å². The van der Waals surface area contributed by atoms with E-state index in [0.29, 0.717) is 28.9 Å². The van der Waals surface area contributed by atoms with Gasteiger partial charge in [0.15, 0.2) is 5.69 Å². The lowest BCUT2D eigenvalue weighted by molar-refractivity contribution is 0.0691. The summed E-state index contributed by atoms with van der Waals surface area (Å²) in [6.07, 6.45) is 0.249. The van der Waals surface area contributed by atoms with Gasteiger partial charge in [0.05, 0.1) is 28.7 Å². The molecule has 11 heteroatoms. The minimum absolute atomic E-state index is 0.0426. The predicted molar refractivity (Wildman–Crippen MR) is 125 cm³/mol. The van der Waals surface area contributed by atoms with Gasteiger partial charge in [0.1, 0.15) is 11.0 Å². The van der Waals surface area contributed by atoms with Crippen LogP contribution < -0.4 is 15.8 Å². The Morgan fingerprint density at radius 3 is 2.65 bits per heavy atom. The number of ether oxygens (including phenoxy) is 1. The Morgan fingerprint density at radius 1 is 1.29 bits per heavy atom. The van der Waals surface area contributed by atoms with Gasteiger partial charge in [0, 0.05) is 44.6 Å². The molecule has 0 bridgehead atoms. The second-order valence-corrected chi connectivity index (χ2v) is 9.19. The molecule has 0 amide bonds. The van der Waals surface area contributed by atoms with Crippen LogP contribution in [0, 0.1) is 17.7 Å². The van der Waals surface area contributed by atoms with Crippen molar-refractivity contribution < 1.29 is 19.0 Å². The van der Waals surface area contributed by atoms with Crippen LogP contribution in [0.4, 0.5) is 16.0 Å². The Kier molecular flexibility index (Phi) is 5.44. The summed E-state index contributed by atoms with van der Waals surface area (Å²) in [7, 11) is 3.34. The Bertz CT molecular complexity index is 1370. The van der Waals surface area contributed by atoms with E-state index in [0.717, 1.165) is 13.1 Å². The molecule has 9 nitrogen and oxygen atoms in total. The number of anilines is 2. The molecule has 3 aromatic rings. The fourth-order valence-electron chi connectivity index (χ4n) is 4.98. The minimum atomic E-state index is -1.25. The molecule has 1 saturated heterocycles. The average molecular weight is 488 g/mol. The first-order valence-electron chi connectivity index (χ1n) is 10.8. The van der Waals surface area contributed by atoms with Gasteiger partial charge in [0.25, 0.3) is 5.56 Å². The van der Waals surface area contributed by atoms with Crippen LogP contribution in [0.3, 0.4) is 0 Å². The van der Waals surface area contributed by atoms with Gasteiger partial charge in [-0.25, -0.2) is 19.2 Å². The molecule has 3 heterocycles. The molecule has 4 atom stereocenters. The molecule has 2 aliphatic rings. The van der Waals surface area contributed by atoms with E-state index in [-0.39, 0.29) is 33.6 Å². The third kappa shape index (κ3) is 3.67. The van der Waals surface area contributed by atoms with E-state index in [1.54, 1.807) is 21.1 Å². The maximum Gasteiger partial charge on any atom is 0.356 e. The van der Waals surface area contributed by atoms with Crippen molar-refractivity contribution in [1.82, 2.24) is 14.5 Å². The van der Waals surface area contributed by atoms with Crippen molar-refractivity contribution >= 4 is 40.1 Å². The zero-order valence-electron chi connectivity index (χ0n) is 18.7. The van der Waals surface area contributed by atoms with Crippen molar-refractivity contribution in [2.24, 2.45) is 18.9 Å². The number of hydrogen-bond acceptors (Lipinski definition) is 7. The number of halogens is 2. The van der Waals surface area contributed by atoms with Crippen molar-refractivity contribution in [2.45, 2.75) is 19.1 Å². The summed E-state index contributed by atoms with van der Waals surface area (Å²) in [4.78, 5) is 35.5. The van der Waals surface area contributed by atoms with Crippen LogP contribution in [0.1, 0.15) is 29.0 Å². The number of piperidine rings is 1. The molecule has 2 fully saturated rings. The summed E-state index contributed by atoms with van der Waals surface area (Å²) in [5.74, 6) is -0.493. The Labute approximate surface area is 199 Å². The average Bonchev–Trinajstić information content (AvgIpc) is 3.27. The number of aromatic nitrogens is 3. The van der Waals surface area contributed by atoms with Crippen LogP contribution in [0.5, 0.6) is 0 Å². The fourth-order valence-corrected chi connectivity index (χ4v) is 5.13. The van der Waals surface area contributed by atoms with Crippen LogP contribution in [-0.4, -0.2) is 51.9 Å². The molecule has 1 aliphatic heterocycles. The number of nitrogens with zero attached hydrogens (tertiary/aromatic N) is 4. The second-order valence-electron chi connectivity index (χ2n) is 8.80. The Morgan fingerprint density at radius 2 is 2.00 bits per heavy atom. The summed E-state index contributed by atoms with van der Waals surface area (Å²) in [6, 6.07) is 4.86. The highest BCUT2D eigenvalue weighted by molar-refractivity contribution is 6.29. The Balaban J connectivity index is 1.56. The molecule has 0 radical (unpaired) electrons. The number of methoxy groups -OCH3 is 1. The van der Waals surface area contributed by atoms with Crippen molar-refractivity contribution in [3.63, 3.8) is 0 Å². The first-order chi connectivity index (χ1) is 16.2. The van der Waals surface area contributed by atoms with Crippen LogP contribution in [-0.2, 0) is 11.8 Å². The monoisotopic (exact) mass is 487 g/mol. The SMILES string of the molecule is COC1[C@H]2CN(c3nc4c(C(C)Nc5ccc(Cl)nc5C(=O)O)cc(F)cc4c(=O)n3C)C[C@@H]12. The number of pyridine rings is 1. The standard InChI is InChI=1S/C23H23ClFN5O4/c1-10(26-16-4-5-17(24)27-19(16)22(32)33)12-6-11(25)7-13-18(12)28-23(29(2)21(13)31)30-8-14-15(9-30)20(14)34-3/h4-7,10,14-15,20,26H,8-9H2,1-3H3,(H,32,33)/t10?,14-,15+,20?. The largest absolute Gasteiger partial charge is 0.476 e. The zero-order valence-corrected chi connectivity index (χ0v) is 19.5. The van der Waals surface area contributed by atoms with Gasteiger partial charge < -0.3 is 20.1 Å². The molecule has 0 spiro atoms. The fraction of sp³-hybridized carbons (Fsp3) is 0.391. The lowest BCUT2D eigenvalue weighted by Crippen LogP contribution is -2.33. The first kappa shape index (κ1) is 22.5. The maximum atomic E-state index is 14.6. The third-order valence-corrected chi connectivity index (χ3v) is 6.93. The van der Waals surface area contributed by atoms with Gasteiger partial charge >= 0.3 is 5.97 Å². The molecule has 2 N–H and O–H groups in total. The van der Waals surface area contributed by atoms with E-state index in [1.165, 1.54) is 28.8 Å². The Hall–Kier alpha value is -3.24. The highest BCUT2D eigenvalue weighted by Gasteiger charge is 2.57. The number of aromatic carboxylic acids is 1. The molecule has 34 heavy (non-hydrogen) atoms. The van der Waals surface area contributed by atoms with E-state index in [9.17, 15) is 19.1 Å². The van der Waals surface area contributed by atoms with Gasteiger partial charge in [-0.2, -0.15) is 0 Å². The number of carbonyl (C=O) groups is 1. The van der Waals surface area contributed by atoms with E-state index < -0.39 is 17.8 Å². The van der Waals surface area contributed by atoms with Gasteiger partial charge in [-0.1, -0.05) is 11.6 Å². The molecular weight excluding hydrogens is 465 g/mol. The van der Waals surface area contributed by atoms with E-state index in [4.69, 9.17) is 21.3 Å². The number of rotatable bonds is 6. The van der Waals surface area contributed by atoms with Crippen molar-refractivity contribution in [1.29, 1.82) is 0 Å².